The molecule has 0 N–H and O–H groups in total. The molecule has 0 saturated carbocycles. The number of hydrogen-bond acceptors (Lipinski definition) is 4. The lowest BCUT2D eigenvalue weighted by molar-refractivity contribution is 0.102. The average molecular weight is 328 g/mol. The van der Waals surface area contributed by atoms with Crippen LogP contribution in [0.15, 0.2) is 50.5 Å². The number of carbonyl (C=O) groups excluding carboxylic acids is 1. The van der Waals surface area contributed by atoms with E-state index in [1.165, 1.54) is 17.8 Å². The number of thioether (sulfide) groups is 1. The third-order valence-corrected chi connectivity index (χ3v) is 5.14. The van der Waals surface area contributed by atoms with Crippen molar-refractivity contribution in [1.29, 1.82) is 0 Å². The molecule has 0 radical (unpaired) electrons. The van der Waals surface area contributed by atoms with Crippen LogP contribution in [0.3, 0.4) is 0 Å². The van der Waals surface area contributed by atoms with E-state index in [4.69, 9.17) is 0 Å². The van der Waals surface area contributed by atoms with Crippen molar-refractivity contribution in [3.63, 3.8) is 0 Å². The van der Waals surface area contributed by atoms with Gasteiger partial charge in [0.05, 0.1) is 5.56 Å². The number of carbonyl (C=O) groups is 1. The maximum absolute atomic E-state index is 12.7. The van der Waals surface area contributed by atoms with E-state index < -0.39 is 5.56 Å². The summed E-state index contributed by atoms with van der Waals surface area (Å²) in [4.78, 5) is 37.7. The normalized spacial score (nSPS) is 19.0. The Morgan fingerprint density at radius 3 is 2.57 bits per heavy atom. The number of rotatable bonds is 1. The highest BCUT2D eigenvalue weighted by atomic mass is 32.2. The molecule has 1 aromatic carbocycles. The summed E-state index contributed by atoms with van der Waals surface area (Å²) in [5.74, 6) is -0.0669. The van der Waals surface area contributed by atoms with Crippen LogP contribution in [0.5, 0.6) is 0 Å². The summed E-state index contributed by atoms with van der Waals surface area (Å²) in [6.07, 6.45) is 3.08. The Bertz CT molecular complexity index is 953. The highest BCUT2D eigenvalue weighted by molar-refractivity contribution is 8.00. The van der Waals surface area contributed by atoms with Crippen LogP contribution in [0.1, 0.15) is 22.8 Å². The molecule has 0 fully saturated rings. The first-order valence-corrected chi connectivity index (χ1v) is 8.06. The number of aryl methyl sites for hydroxylation is 1. The number of benzene rings is 1. The second kappa shape index (κ2) is 5.70. The molecule has 1 aromatic heterocycles. The van der Waals surface area contributed by atoms with Crippen molar-refractivity contribution in [3.8, 4) is 0 Å². The van der Waals surface area contributed by atoms with Crippen LogP contribution in [0.25, 0.3) is 6.08 Å². The molecular formula is C17H16N2O3S. The van der Waals surface area contributed by atoms with Gasteiger partial charge in [-0.2, -0.15) is 0 Å². The number of ketones is 1. The van der Waals surface area contributed by atoms with Gasteiger partial charge in [0, 0.05) is 41.6 Å². The first-order valence-electron chi connectivity index (χ1n) is 7.19. The van der Waals surface area contributed by atoms with Crippen LogP contribution in [-0.2, 0) is 14.1 Å². The molecule has 0 spiro atoms. The Labute approximate surface area is 137 Å². The summed E-state index contributed by atoms with van der Waals surface area (Å²) in [5, 5.41) is -0.0562. The van der Waals surface area contributed by atoms with E-state index in [1.807, 2.05) is 25.1 Å². The predicted octanol–water partition coefficient (Wildman–Crippen LogP) is 1.84. The van der Waals surface area contributed by atoms with E-state index in [2.05, 4.69) is 0 Å². The lowest BCUT2D eigenvalue weighted by Gasteiger charge is -2.23. The standard InChI is InChI=1S/C17H16N2O3S/c1-10-13(15(20)12-6-4-5-7-14(12)23-10)8-11-9-18(2)17(22)19(3)16(11)21/h4-10H,1-3H3/b13-8+/t10-/m0/s1. The highest BCUT2D eigenvalue weighted by Gasteiger charge is 2.28. The van der Waals surface area contributed by atoms with Crippen molar-refractivity contribution in [2.45, 2.75) is 17.1 Å². The van der Waals surface area contributed by atoms with Crippen LogP contribution in [-0.4, -0.2) is 20.2 Å². The smallest absolute Gasteiger partial charge is 0.303 e. The largest absolute Gasteiger partial charge is 0.330 e. The van der Waals surface area contributed by atoms with E-state index in [1.54, 1.807) is 31.0 Å². The Kier molecular flexibility index (Phi) is 3.85. The van der Waals surface area contributed by atoms with Gasteiger partial charge in [-0.1, -0.05) is 12.1 Å². The maximum atomic E-state index is 12.7. The molecule has 0 aliphatic carbocycles. The molecule has 0 bridgehead atoms. The van der Waals surface area contributed by atoms with Crippen LogP contribution in [0, 0.1) is 0 Å². The van der Waals surface area contributed by atoms with Crippen LogP contribution < -0.4 is 11.2 Å². The van der Waals surface area contributed by atoms with Crippen LogP contribution in [0.4, 0.5) is 0 Å². The molecule has 1 atom stereocenters. The number of nitrogens with zero attached hydrogens (tertiary/aromatic N) is 2. The fraction of sp³-hybridized carbons (Fsp3) is 0.235. The molecule has 6 heteroatoms. The van der Waals surface area contributed by atoms with Crippen molar-refractivity contribution in [1.82, 2.24) is 9.13 Å². The SMILES string of the molecule is C[C@@H]1Sc2ccccc2C(=O)/C1=C/c1cn(C)c(=O)n(C)c1=O. The highest BCUT2D eigenvalue weighted by Crippen LogP contribution is 2.38. The van der Waals surface area contributed by atoms with Crippen molar-refractivity contribution in [2.24, 2.45) is 14.1 Å². The molecule has 2 aromatic rings. The number of aromatic nitrogens is 2. The van der Waals surface area contributed by atoms with Crippen molar-refractivity contribution >= 4 is 23.6 Å². The molecule has 1 aliphatic heterocycles. The van der Waals surface area contributed by atoms with Gasteiger partial charge in [0.2, 0.25) is 0 Å². The van der Waals surface area contributed by atoms with Gasteiger partial charge in [0.15, 0.2) is 5.78 Å². The summed E-state index contributed by atoms with van der Waals surface area (Å²) in [6.45, 7) is 1.94. The van der Waals surface area contributed by atoms with Crippen molar-refractivity contribution < 1.29 is 4.79 Å². The van der Waals surface area contributed by atoms with Gasteiger partial charge >= 0.3 is 5.69 Å². The monoisotopic (exact) mass is 328 g/mol. The zero-order valence-corrected chi connectivity index (χ0v) is 13.9. The molecule has 0 saturated heterocycles. The van der Waals surface area contributed by atoms with Gasteiger partial charge in [-0.3, -0.25) is 14.2 Å². The minimum absolute atomic E-state index is 0.0562. The molecule has 5 nitrogen and oxygen atoms in total. The summed E-state index contributed by atoms with van der Waals surface area (Å²) in [7, 11) is 3.02. The molecule has 1 aliphatic rings. The van der Waals surface area contributed by atoms with E-state index in [0.29, 0.717) is 16.7 Å². The zero-order valence-electron chi connectivity index (χ0n) is 13.1. The fourth-order valence-corrected chi connectivity index (χ4v) is 3.76. The quantitative estimate of drug-likeness (QED) is 0.750. The zero-order chi connectivity index (χ0) is 16.7. The van der Waals surface area contributed by atoms with Crippen molar-refractivity contribution in [2.75, 3.05) is 0 Å². The molecule has 0 amide bonds. The number of fused-ring (bicyclic) bond motifs is 1. The van der Waals surface area contributed by atoms with E-state index in [9.17, 15) is 14.4 Å². The minimum Gasteiger partial charge on any atom is -0.303 e. The summed E-state index contributed by atoms with van der Waals surface area (Å²) in [5.41, 5.74) is 0.780. The van der Waals surface area contributed by atoms with Gasteiger partial charge < -0.3 is 4.57 Å². The summed E-state index contributed by atoms with van der Waals surface area (Å²) in [6, 6.07) is 7.46. The molecule has 3 rings (SSSR count). The van der Waals surface area contributed by atoms with Crippen LogP contribution in [0.2, 0.25) is 0 Å². The predicted molar refractivity (Wildman–Crippen MR) is 91.0 cm³/mol. The number of hydrogen-bond donors (Lipinski definition) is 0. The van der Waals surface area contributed by atoms with E-state index in [0.717, 1.165) is 9.46 Å². The summed E-state index contributed by atoms with van der Waals surface area (Å²) >= 11 is 1.59. The fourth-order valence-electron chi connectivity index (χ4n) is 2.64. The topological polar surface area (TPSA) is 61.1 Å². The van der Waals surface area contributed by atoms with Crippen LogP contribution >= 0.6 is 11.8 Å². The Morgan fingerprint density at radius 1 is 1.13 bits per heavy atom. The lowest BCUT2D eigenvalue weighted by Crippen LogP contribution is -2.37. The Morgan fingerprint density at radius 2 is 1.83 bits per heavy atom. The average Bonchev–Trinajstić information content (AvgIpc) is 2.54. The van der Waals surface area contributed by atoms with E-state index >= 15 is 0 Å². The third-order valence-electron chi connectivity index (χ3n) is 3.92. The maximum Gasteiger partial charge on any atom is 0.330 e. The first kappa shape index (κ1) is 15.6. The van der Waals surface area contributed by atoms with Gasteiger partial charge in [-0.25, -0.2) is 4.79 Å². The Balaban J connectivity index is 2.16. The second-order valence-electron chi connectivity index (χ2n) is 5.53. The molecule has 2 heterocycles. The van der Waals surface area contributed by atoms with E-state index in [-0.39, 0.29) is 16.7 Å². The second-order valence-corrected chi connectivity index (χ2v) is 6.91. The molecular weight excluding hydrogens is 312 g/mol. The molecule has 0 unspecified atom stereocenters. The van der Waals surface area contributed by atoms with Gasteiger partial charge in [0.1, 0.15) is 0 Å². The van der Waals surface area contributed by atoms with Gasteiger partial charge in [-0.05, 0) is 25.1 Å². The van der Waals surface area contributed by atoms with Crippen molar-refractivity contribution in [3.05, 3.63) is 68.0 Å². The molecule has 118 valence electrons. The Hall–Kier alpha value is -2.34. The number of Topliss-reactive ketones (excluding diaryl/α,β-unsaturated/α-hetero) is 1. The van der Waals surface area contributed by atoms with Gasteiger partial charge in [-0.15, -0.1) is 11.8 Å². The molecule has 23 heavy (non-hydrogen) atoms. The first-order chi connectivity index (χ1) is 10.9. The minimum atomic E-state index is -0.399. The third kappa shape index (κ3) is 2.59. The van der Waals surface area contributed by atoms with Gasteiger partial charge in [0.25, 0.3) is 5.56 Å². The lowest BCUT2D eigenvalue weighted by atomic mass is 9.98. The summed E-state index contributed by atoms with van der Waals surface area (Å²) < 4.78 is 2.39.